The summed E-state index contributed by atoms with van der Waals surface area (Å²) in [6, 6.07) is 11.0. The molecule has 146 valence electrons. The Morgan fingerprint density at radius 1 is 1.14 bits per heavy atom. The average molecular weight is 381 g/mol. The van der Waals surface area contributed by atoms with Gasteiger partial charge in [-0.1, -0.05) is 24.8 Å². The molecule has 5 nitrogen and oxygen atoms in total. The lowest BCUT2D eigenvalue weighted by atomic mass is 10.1. The summed E-state index contributed by atoms with van der Waals surface area (Å²) in [6.07, 6.45) is 5.10. The third-order valence-electron chi connectivity index (χ3n) is 4.34. The SMILES string of the molecule is C=CCOc1ccc(CNCc2ccc(-n3ccnc3C)c(F)c2)cc1OC. The van der Waals surface area contributed by atoms with Crippen LogP contribution >= 0.6 is 0 Å². The van der Waals surface area contributed by atoms with Crippen molar-refractivity contribution in [1.29, 1.82) is 0 Å². The van der Waals surface area contributed by atoms with Crippen LogP contribution in [0, 0.1) is 12.7 Å². The maximum Gasteiger partial charge on any atom is 0.161 e. The van der Waals surface area contributed by atoms with Crippen LogP contribution in [-0.4, -0.2) is 23.3 Å². The second kappa shape index (κ2) is 9.19. The van der Waals surface area contributed by atoms with E-state index >= 15 is 0 Å². The lowest BCUT2D eigenvalue weighted by molar-refractivity contribution is 0.326. The largest absolute Gasteiger partial charge is 0.493 e. The van der Waals surface area contributed by atoms with Crippen LogP contribution in [0.5, 0.6) is 11.5 Å². The maximum absolute atomic E-state index is 14.5. The Bertz CT molecular complexity index is 953. The molecule has 1 aromatic heterocycles. The molecular formula is C22H24FN3O2. The Labute approximate surface area is 164 Å². The number of hydrogen-bond acceptors (Lipinski definition) is 4. The highest BCUT2D eigenvalue weighted by Gasteiger charge is 2.09. The van der Waals surface area contributed by atoms with Gasteiger partial charge in [0.1, 0.15) is 18.2 Å². The van der Waals surface area contributed by atoms with Crippen LogP contribution in [-0.2, 0) is 13.1 Å². The predicted molar refractivity (Wildman–Crippen MR) is 107 cm³/mol. The number of rotatable bonds is 9. The van der Waals surface area contributed by atoms with E-state index < -0.39 is 0 Å². The van der Waals surface area contributed by atoms with Crippen LogP contribution in [0.3, 0.4) is 0 Å². The minimum atomic E-state index is -0.272. The zero-order valence-electron chi connectivity index (χ0n) is 16.1. The molecule has 1 N–H and O–H groups in total. The van der Waals surface area contributed by atoms with E-state index in [0.29, 0.717) is 36.9 Å². The molecular weight excluding hydrogens is 357 g/mol. The number of halogens is 1. The van der Waals surface area contributed by atoms with Gasteiger partial charge in [-0.15, -0.1) is 0 Å². The summed E-state index contributed by atoms with van der Waals surface area (Å²) in [5.41, 5.74) is 2.42. The highest BCUT2D eigenvalue weighted by Crippen LogP contribution is 2.28. The number of nitrogens with one attached hydrogen (secondary N) is 1. The minimum absolute atomic E-state index is 0.272. The molecule has 0 spiro atoms. The number of benzene rings is 2. The number of aromatic nitrogens is 2. The van der Waals surface area contributed by atoms with Gasteiger partial charge < -0.3 is 19.4 Å². The molecule has 0 radical (unpaired) electrons. The molecule has 3 aromatic rings. The molecule has 6 heteroatoms. The molecule has 0 aliphatic rings. The van der Waals surface area contributed by atoms with E-state index in [0.717, 1.165) is 17.0 Å². The molecule has 0 amide bonds. The van der Waals surface area contributed by atoms with Crippen LogP contribution in [0.2, 0.25) is 0 Å². The summed E-state index contributed by atoms with van der Waals surface area (Å²) in [6.45, 7) is 7.09. The number of ether oxygens (including phenoxy) is 2. The second-order valence-corrected chi connectivity index (χ2v) is 6.32. The number of imidazole rings is 1. The van der Waals surface area contributed by atoms with Crippen molar-refractivity contribution in [2.24, 2.45) is 0 Å². The van der Waals surface area contributed by atoms with E-state index in [9.17, 15) is 4.39 Å². The Morgan fingerprint density at radius 2 is 1.89 bits per heavy atom. The molecule has 0 unspecified atom stereocenters. The summed E-state index contributed by atoms with van der Waals surface area (Å²) >= 11 is 0. The normalized spacial score (nSPS) is 10.7. The van der Waals surface area contributed by atoms with Crippen molar-refractivity contribution in [2.45, 2.75) is 20.0 Å². The predicted octanol–water partition coefficient (Wildman–Crippen LogP) is 4.18. The lowest BCUT2D eigenvalue weighted by Gasteiger charge is -2.12. The van der Waals surface area contributed by atoms with Crippen LogP contribution < -0.4 is 14.8 Å². The molecule has 0 atom stereocenters. The average Bonchev–Trinajstić information content (AvgIpc) is 3.12. The van der Waals surface area contributed by atoms with Gasteiger partial charge in [-0.05, 0) is 42.3 Å². The van der Waals surface area contributed by atoms with E-state index in [1.54, 1.807) is 42.3 Å². The van der Waals surface area contributed by atoms with E-state index in [1.165, 1.54) is 0 Å². The first-order chi connectivity index (χ1) is 13.6. The molecule has 0 bridgehead atoms. The summed E-state index contributed by atoms with van der Waals surface area (Å²) in [7, 11) is 1.61. The summed E-state index contributed by atoms with van der Waals surface area (Å²) in [5.74, 6) is 1.83. The molecule has 0 aliphatic carbocycles. The molecule has 1 heterocycles. The fourth-order valence-corrected chi connectivity index (χ4v) is 2.93. The van der Waals surface area contributed by atoms with Gasteiger partial charge in [0.15, 0.2) is 11.5 Å². The van der Waals surface area contributed by atoms with Crippen molar-refractivity contribution in [3.63, 3.8) is 0 Å². The highest BCUT2D eigenvalue weighted by atomic mass is 19.1. The number of aryl methyl sites for hydroxylation is 1. The smallest absolute Gasteiger partial charge is 0.161 e. The number of methoxy groups -OCH3 is 1. The Morgan fingerprint density at radius 3 is 2.54 bits per heavy atom. The van der Waals surface area contributed by atoms with Gasteiger partial charge >= 0.3 is 0 Å². The second-order valence-electron chi connectivity index (χ2n) is 6.32. The molecule has 0 saturated heterocycles. The molecule has 0 fully saturated rings. The van der Waals surface area contributed by atoms with Gasteiger partial charge in [-0.2, -0.15) is 0 Å². The van der Waals surface area contributed by atoms with Gasteiger partial charge in [-0.25, -0.2) is 9.37 Å². The molecule has 28 heavy (non-hydrogen) atoms. The van der Waals surface area contributed by atoms with Gasteiger partial charge in [0.2, 0.25) is 0 Å². The number of hydrogen-bond donors (Lipinski definition) is 1. The highest BCUT2D eigenvalue weighted by molar-refractivity contribution is 5.43. The molecule has 3 rings (SSSR count). The lowest BCUT2D eigenvalue weighted by Crippen LogP contribution is -2.13. The van der Waals surface area contributed by atoms with Crippen molar-refractivity contribution in [3.05, 3.63) is 84.2 Å². The van der Waals surface area contributed by atoms with Crippen LogP contribution in [0.4, 0.5) is 4.39 Å². The standard InChI is InChI=1S/C22H24FN3O2/c1-4-11-28-21-8-6-18(13-22(21)27-3)15-24-14-17-5-7-20(19(23)12-17)26-10-9-25-16(26)2/h4-10,12-13,24H,1,11,14-15H2,2-3H3. The third-order valence-corrected chi connectivity index (χ3v) is 4.34. The van der Waals surface area contributed by atoms with Crippen molar-refractivity contribution in [3.8, 4) is 17.2 Å². The monoisotopic (exact) mass is 381 g/mol. The van der Waals surface area contributed by atoms with Gasteiger partial charge in [0, 0.05) is 25.5 Å². The first-order valence-corrected chi connectivity index (χ1v) is 9.02. The summed E-state index contributed by atoms with van der Waals surface area (Å²) < 4.78 is 27.1. The van der Waals surface area contributed by atoms with E-state index in [1.807, 2.05) is 31.2 Å². The molecule has 0 saturated carbocycles. The number of nitrogens with zero attached hydrogens (tertiary/aromatic N) is 2. The minimum Gasteiger partial charge on any atom is -0.493 e. The maximum atomic E-state index is 14.5. The van der Waals surface area contributed by atoms with Gasteiger partial charge in [-0.3, -0.25) is 0 Å². The van der Waals surface area contributed by atoms with Crippen LogP contribution in [0.15, 0.2) is 61.4 Å². The van der Waals surface area contributed by atoms with E-state index in [4.69, 9.17) is 9.47 Å². The van der Waals surface area contributed by atoms with Gasteiger partial charge in [0.05, 0.1) is 12.8 Å². The van der Waals surface area contributed by atoms with E-state index in [2.05, 4.69) is 16.9 Å². The van der Waals surface area contributed by atoms with Crippen molar-refractivity contribution >= 4 is 0 Å². The third kappa shape index (κ3) is 4.58. The topological polar surface area (TPSA) is 48.3 Å². The first-order valence-electron chi connectivity index (χ1n) is 9.02. The fourth-order valence-electron chi connectivity index (χ4n) is 2.93. The van der Waals surface area contributed by atoms with Crippen molar-refractivity contribution in [1.82, 2.24) is 14.9 Å². The van der Waals surface area contributed by atoms with E-state index in [-0.39, 0.29) is 5.82 Å². The molecule has 2 aromatic carbocycles. The van der Waals surface area contributed by atoms with Gasteiger partial charge in [0.25, 0.3) is 0 Å². The first kappa shape index (κ1) is 19.6. The Hall–Kier alpha value is -3.12. The van der Waals surface area contributed by atoms with Crippen molar-refractivity contribution in [2.75, 3.05) is 13.7 Å². The summed E-state index contributed by atoms with van der Waals surface area (Å²) in [5, 5.41) is 3.33. The zero-order chi connectivity index (χ0) is 19.9. The summed E-state index contributed by atoms with van der Waals surface area (Å²) in [4.78, 5) is 4.14. The Balaban J connectivity index is 1.61. The molecule has 0 aliphatic heterocycles. The fraction of sp³-hybridized carbons (Fsp3) is 0.227. The quantitative estimate of drug-likeness (QED) is 0.565. The van der Waals surface area contributed by atoms with Crippen LogP contribution in [0.1, 0.15) is 17.0 Å². The Kier molecular flexibility index (Phi) is 6.45. The van der Waals surface area contributed by atoms with Crippen molar-refractivity contribution < 1.29 is 13.9 Å². The van der Waals surface area contributed by atoms with Crippen LogP contribution in [0.25, 0.3) is 5.69 Å². The zero-order valence-corrected chi connectivity index (χ0v) is 16.1.